The summed E-state index contributed by atoms with van der Waals surface area (Å²) in [5.41, 5.74) is 0.901. The highest BCUT2D eigenvalue weighted by atomic mass is 32.1. The zero-order chi connectivity index (χ0) is 20.3. The van der Waals surface area contributed by atoms with Gasteiger partial charge in [-0.25, -0.2) is 4.79 Å². The second-order valence-corrected chi connectivity index (χ2v) is 7.21. The average molecular weight is 407 g/mol. The molecule has 0 unspecified atom stereocenters. The van der Waals surface area contributed by atoms with Crippen LogP contribution in [0.25, 0.3) is 0 Å². The largest absolute Gasteiger partial charge is 0.462 e. The minimum Gasteiger partial charge on any atom is -0.462 e. The van der Waals surface area contributed by atoms with Gasteiger partial charge in [0.1, 0.15) is 5.00 Å². The summed E-state index contributed by atoms with van der Waals surface area (Å²) in [4.78, 5) is 35.6. The van der Waals surface area contributed by atoms with Crippen molar-refractivity contribution in [2.45, 2.75) is 26.2 Å². The molecule has 0 spiro atoms. The predicted octanol–water partition coefficient (Wildman–Crippen LogP) is 3.51. The lowest BCUT2D eigenvalue weighted by atomic mass is 10.1. The molecule has 2 N–H and O–H groups in total. The van der Waals surface area contributed by atoms with Crippen LogP contribution in [0.15, 0.2) is 18.2 Å². The fourth-order valence-electron chi connectivity index (χ4n) is 3.03. The highest BCUT2D eigenvalue weighted by molar-refractivity contribution is 7.17. The standard InChI is InChI=1S/C18H18FN3O5S/c1-2-27-18(24)16-11-4-3-5-14(11)28-17(16)21-15(23)9-20-10-6-7-12(19)13(8-10)22(25)26/h6-8,20H,2-5,9H2,1H3,(H,21,23). The van der Waals surface area contributed by atoms with Crippen molar-refractivity contribution < 1.29 is 23.6 Å². The van der Waals surface area contributed by atoms with Gasteiger partial charge in [-0.15, -0.1) is 11.3 Å². The third kappa shape index (κ3) is 4.11. The maximum Gasteiger partial charge on any atom is 0.341 e. The molecule has 148 valence electrons. The van der Waals surface area contributed by atoms with E-state index in [2.05, 4.69) is 10.6 Å². The first-order chi connectivity index (χ1) is 13.4. The van der Waals surface area contributed by atoms with Crippen LogP contribution in [0.1, 0.15) is 34.1 Å². The van der Waals surface area contributed by atoms with Crippen LogP contribution < -0.4 is 10.6 Å². The van der Waals surface area contributed by atoms with Gasteiger partial charge in [0.15, 0.2) is 0 Å². The average Bonchev–Trinajstić information content (AvgIpc) is 3.21. The van der Waals surface area contributed by atoms with E-state index < -0.39 is 28.3 Å². The molecule has 0 saturated carbocycles. The van der Waals surface area contributed by atoms with Gasteiger partial charge in [-0.3, -0.25) is 14.9 Å². The van der Waals surface area contributed by atoms with Gasteiger partial charge in [0.2, 0.25) is 11.7 Å². The van der Waals surface area contributed by atoms with Gasteiger partial charge in [-0.05, 0) is 43.9 Å². The van der Waals surface area contributed by atoms with Gasteiger partial charge in [0.25, 0.3) is 0 Å². The van der Waals surface area contributed by atoms with Gasteiger partial charge in [-0.2, -0.15) is 4.39 Å². The summed E-state index contributed by atoms with van der Waals surface area (Å²) in [5, 5.41) is 16.7. The maximum atomic E-state index is 13.4. The molecule has 10 heteroatoms. The summed E-state index contributed by atoms with van der Waals surface area (Å²) in [6.07, 6.45) is 2.60. The number of thiophene rings is 1. The van der Waals surface area contributed by atoms with Crippen molar-refractivity contribution in [1.29, 1.82) is 0 Å². The number of carbonyl (C=O) groups excluding carboxylic acids is 2. The summed E-state index contributed by atoms with van der Waals surface area (Å²) >= 11 is 1.36. The van der Waals surface area contributed by atoms with E-state index in [1.807, 2.05) is 0 Å². The topological polar surface area (TPSA) is 111 Å². The van der Waals surface area contributed by atoms with Gasteiger partial charge in [0, 0.05) is 16.6 Å². The first kappa shape index (κ1) is 19.7. The van der Waals surface area contributed by atoms with Crippen LogP contribution in [0.4, 0.5) is 20.8 Å². The molecule has 1 aliphatic rings. The Balaban J connectivity index is 1.70. The van der Waals surface area contributed by atoms with E-state index in [9.17, 15) is 24.1 Å². The molecule has 1 aromatic carbocycles. The number of aryl methyl sites for hydroxylation is 1. The van der Waals surface area contributed by atoms with Gasteiger partial charge in [0.05, 0.1) is 23.6 Å². The number of nitrogens with one attached hydrogen (secondary N) is 2. The van der Waals surface area contributed by atoms with Gasteiger partial charge >= 0.3 is 11.7 Å². The number of nitro groups is 1. The van der Waals surface area contributed by atoms with Crippen molar-refractivity contribution in [2.24, 2.45) is 0 Å². The molecule has 0 saturated heterocycles. The Morgan fingerprint density at radius 3 is 2.86 bits per heavy atom. The van der Waals surface area contributed by atoms with E-state index in [-0.39, 0.29) is 18.8 Å². The number of halogens is 1. The van der Waals surface area contributed by atoms with Crippen LogP contribution in [-0.2, 0) is 22.4 Å². The summed E-state index contributed by atoms with van der Waals surface area (Å²) in [7, 11) is 0. The van der Waals surface area contributed by atoms with Crippen LogP contribution in [0, 0.1) is 15.9 Å². The van der Waals surface area contributed by atoms with E-state index in [0.717, 1.165) is 41.8 Å². The number of ether oxygens (including phenoxy) is 1. The highest BCUT2D eigenvalue weighted by Crippen LogP contribution is 2.39. The fourth-order valence-corrected chi connectivity index (χ4v) is 4.32. The monoisotopic (exact) mass is 407 g/mol. The summed E-state index contributed by atoms with van der Waals surface area (Å²) in [6, 6.07) is 3.28. The second-order valence-electron chi connectivity index (χ2n) is 6.11. The lowest BCUT2D eigenvalue weighted by Gasteiger charge is -2.09. The Bertz CT molecular complexity index is 944. The molecule has 1 heterocycles. The van der Waals surface area contributed by atoms with E-state index in [0.29, 0.717) is 10.6 Å². The molecular weight excluding hydrogens is 389 g/mol. The Morgan fingerprint density at radius 2 is 2.14 bits per heavy atom. The number of hydrogen-bond donors (Lipinski definition) is 2. The second kappa shape index (κ2) is 8.34. The summed E-state index contributed by atoms with van der Waals surface area (Å²) < 4.78 is 18.5. The SMILES string of the molecule is CCOC(=O)c1c(NC(=O)CNc2ccc(F)c([N+](=O)[O-])c2)sc2c1CCC2. The zero-order valence-corrected chi connectivity index (χ0v) is 15.9. The highest BCUT2D eigenvalue weighted by Gasteiger charge is 2.28. The molecule has 0 bridgehead atoms. The molecule has 0 aliphatic heterocycles. The number of carbonyl (C=O) groups is 2. The van der Waals surface area contributed by atoms with Crippen molar-refractivity contribution in [2.75, 3.05) is 23.8 Å². The van der Waals surface area contributed by atoms with Crippen LogP contribution in [-0.4, -0.2) is 30.0 Å². The first-order valence-electron chi connectivity index (χ1n) is 8.70. The number of hydrogen-bond acceptors (Lipinski definition) is 7. The quantitative estimate of drug-likeness (QED) is 0.413. The number of fused-ring (bicyclic) bond motifs is 1. The Labute approximate surface area is 163 Å². The molecule has 8 nitrogen and oxygen atoms in total. The molecule has 2 aromatic rings. The Hall–Kier alpha value is -3.01. The summed E-state index contributed by atoms with van der Waals surface area (Å²) in [5.74, 6) is -1.84. The molecule has 0 radical (unpaired) electrons. The predicted molar refractivity (Wildman–Crippen MR) is 102 cm³/mol. The number of amides is 1. The number of anilines is 2. The molecule has 3 rings (SSSR count). The number of benzene rings is 1. The van der Waals surface area contributed by atoms with Crippen LogP contribution >= 0.6 is 11.3 Å². The molecule has 1 amide bonds. The van der Waals surface area contributed by atoms with E-state index in [1.165, 1.54) is 17.4 Å². The van der Waals surface area contributed by atoms with E-state index in [4.69, 9.17) is 4.74 Å². The smallest absolute Gasteiger partial charge is 0.341 e. The fraction of sp³-hybridized carbons (Fsp3) is 0.333. The van der Waals surface area contributed by atoms with Gasteiger partial charge in [-0.1, -0.05) is 0 Å². The number of rotatable bonds is 7. The van der Waals surface area contributed by atoms with Crippen LogP contribution in [0.3, 0.4) is 0 Å². The maximum absolute atomic E-state index is 13.4. The van der Waals surface area contributed by atoms with Crippen molar-refractivity contribution in [3.05, 3.63) is 50.1 Å². The van der Waals surface area contributed by atoms with Crippen LogP contribution in [0.2, 0.25) is 0 Å². The number of esters is 1. The molecule has 0 fully saturated rings. The van der Waals surface area contributed by atoms with E-state index in [1.54, 1.807) is 6.92 Å². The molecule has 1 aliphatic carbocycles. The molecule has 28 heavy (non-hydrogen) atoms. The van der Waals surface area contributed by atoms with E-state index >= 15 is 0 Å². The van der Waals surface area contributed by atoms with Crippen molar-refractivity contribution in [1.82, 2.24) is 0 Å². The minimum atomic E-state index is -0.952. The molecule has 0 atom stereocenters. The third-order valence-corrected chi connectivity index (χ3v) is 5.46. The minimum absolute atomic E-state index is 0.201. The Morgan fingerprint density at radius 1 is 1.36 bits per heavy atom. The van der Waals surface area contributed by atoms with Crippen molar-refractivity contribution in [3.63, 3.8) is 0 Å². The lowest BCUT2D eigenvalue weighted by Crippen LogP contribution is -2.22. The summed E-state index contributed by atoms with van der Waals surface area (Å²) in [6.45, 7) is 1.75. The lowest BCUT2D eigenvalue weighted by molar-refractivity contribution is -0.387. The normalized spacial score (nSPS) is 12.4. The number of nitrogens with zero attached hydrogens (tertiary/aromatic N) is 1. The third-order valence-electron chi connectivity index (χ3n) is 4.25. The zero-order valence-electron chi connectivity index (χ0n) is 15.0. The van der Waals surface area contributed by atoms with Gasteiger partial charge < -0.3 is 15.4 Å². The van der Waals surface area contributed by atoms with Crippen LogP contribution in [0.5, 0.6) is 0 Å². The first-order valence-corrected chi connectivity index (χ1v) is 9.51. The molecular formula is C18H18FN3O5S. The number of nitro benzene ring substituents is 1. The Kier molecular flexibility index (Phi) is 5.88. The van der Waals surface area contributed by atoms with Crippen molar-refractivity contribution in [3.8, 4) is 0 Å². The molecule has 1 aromatic heterocycles. The van der Waals surface area contributed by atoms with Crippen molar-refractivity contribution >= 4 is 39.6 Å².